The fourth-order valence-electron chi connectivity index (χ4n) is 2.28. The van der Waals surface area contributed by atoms with Gasteiger partial charge in [-0.1, -0.05) is 11.6 Å². The fourth-order valence-corrected chi connectivity index (χ4v) is 4.38. The van der Waals surface area contributed by atoms with E-state index in [9.17, 15) is 18.3 Å². The molecule has 0 bridgehead atoms. The number of hydrogen-bond donors (Lipinski definition) is 2. The average Bonchev–Trinajstić information content (AvgIpc) is 2.56. The van der Waals surface area contributed by atoms with Crippen LogP contribution in [0.3, 0.4) is 0 Å². The van der Waals surface area contributed by atoms with Crippen molar-refractivity contribution in [1.29, 1.82) is 0 Å². The number of hydrogen-bond acceptors (Lipinski definition) is 4. The molecule has 104 valence electrons. The summed E-state index contributed by atoms with van der Waals surface area (Å²) in [6.07, 6.45) is 0.396. The molecule has 6 heteroatoms. The summed E-state index contributed by atoms with van der Waals surface area (Å²) in [5, 5.41) is 12.4. The van der Waals surface area contributed by atoms with E-state index in [2.05, 4.69) is 5.32 Å². The van der Waals surface area contributed by atoms with Gasteiger partial charge in [0.1, 0.15) is 5.75 Å². The van der Waals surface area contributed by atoms with E-state index in [0.29, 0.717) is 6.42 Å². The van der Waals surface area contributed by atoms with Gasteiger partial charge in [-0.25, -0.2) is 8.42 Å². The quantitative estimate of drug-likeness (QED) is 0.848. The van der Waals surface area contributed by atoms with E-state index in [1.807, 2.05) is 6.92 Å². The van der Waals surface area contributed by atoms with E-state index < -0.39 is 21.3 Å². The summed E-state index contributed by atoms with van der Waals surface area (Å²) in [6, 6.07) is 4.74. The fraction of sp³-hybridized carbons (Fsp3) is 0.462. The monoisotopic (exact) mass is 283 g/mol. The molecule has 5 nitrogen and oxygen atoms in total. The summed E-state index contributed by atoms with van der Waals surface area (Å²) >= 11 is 0. The van der Waals surface area contributed by atoms with E-state index in [-0.39, 0.29) is 22.8 Å². The molecular formula is C13H17NO4S. The van der Waals surface area contributed by atoms with Gasteiger partial charge in [0.15, 0.2) is 9.84 Å². The lowest BCUT2D eigenvalue weighted by molar-refractivity contribution is 0.0912. The predicted octanol–water partition coefficient (Wildman–Crippen LogP) is 1.01. The number of phenols is 1. The normalized spacial score (nSPS) is 25.2. The number of aryl methyl sites for hydroxylation is 1. The van der Waals surface area contributed by atoms with Crippen LogP contribution in [0.15, 0.2) is 18.2 Å². The van der Waals surface area contributed by atoms with Gasteiger partial charge in [-0.2, -0.15) is 0 Å². The van der Waals surface area contributed by atoms with Crippen LogP contribution in [0.1, 0.15) is 29.3 Å². The Morgan fingerprint density at radius 2 is 2.11 bits per heavy atom. The van der Waals surface area contributed by atoms with Crippen LogP contribution >= 0.6 is 0 Å². The maximum absolute atomic E-state index is 12.1. The first kappa shape index (κ1) is 13.9. The third-order valence-corrected chi connectivity index (χ3v) is 5.22. The number of rotatable bonds is 2. The maximum Gasteiger partial charge on any atom is 0.255 e. The van der Waals surface area contributed by atoms with Crippen LogP contribution in [0.25, 0.3) is 0 Å². The van der Waals surface area contributed by atoms with Gasteiger partial charge in [0.2, 0.25) is 0 Å². The Bertz CT molecular complexity index is 624. The van der Waals surface area contributed by atoms with Crippen molar-refractivity contribution in [3.8, 4) is 5.75 Å². The standard InChI is InChI=1S/C13H17NO4S/c1-9-3-4-11(15)10(7-9)12(16)14-13(2)5-6-19(17,18)8-13/h3-4,7,15H,5-6,8H2,1-2H3,(H,14,16). The van der Waals surface area contributed by atoms with E-state index in [1.165, 1.54) is 6.07 Å². The predicted molar refractivity (Wildman–Crippen MR) is 72.0 cm³/mol. The van der Waals surface area contributed by atoms with Crippen molar-refractivity contribution < 1.29 is 18.3 Å². The first-order valence-electron chi connectivity index (χ1n) is 6.03. The molecule has 1 atom stereocenters. The highest BCUT2D eigenvalue weighted by Gasteiger charge is 2.39. The molecular weight excluding hydrogens is 266 g/mol. The van der Waals surface area contributed by atoms with Gasteiger partial charge in [-0.15, -0.1) is 0 Å². The second-order valence-electron chi connectivity index (χ2n) is 5.38. The number of sulfone groups is 1. The molecule has 0 aliphatic carbocycles. The van der Waals surface area contributed by atoms with E-state index in [1.54, 1.807) is 19.1 Å². The molecule has 1 heterocycles. The third kappa shape index (κ3) is 3.07. The van der Waals surface area contributed by atoms with Crippen LogP contribution in [0, 0.1) is 6.92 Å². The summed E-state index contributed by atoms with van der Waals surface area (Å²) in [4.78, 5) is 12.1. The molecule has 1 aliphatic heterocycles. The molecule has 0 radical (unpaired) electrons. The van der Waals surface area contributed by atoms with Crippen molar-refractivity contribution in [3.63, 3.8) is 0 Å². The summed E-state index contributed by atoms with van der Waals surface area (Å²) in [5.74, 6) is -0.518. The van der Waals surface area contributed by atoms with Crippen molar-refractivity contribution >= 4 is 15.7 Å². The SMILES string of the molecule is Cc1ccc(O)c(C(=O)NC2(C)CCS(=O)(=O)C2)c1. The molecule has 1 saturated heterocycles. The third-order valence-electron chi connectivity index (χ3n) is 3.32. The number of nitrogens with one attached hydrogen (secondary N) is 1. The Morgan fingerprint density at radius 3 is 2.68 bits per heavy atom. The Morgan fingerprint density at radius 1 is 1.42 bits per heavy atom. The largest absolute Gasteiger partial charge is 0.507 e. The Hall–Kier alpha value is -1.56. The highest BCUT2D eigenvalue weighted by Crippen LogP contribution is 2.25. The number of benzene rings is 1. The molecule has 1 aliphatic rings. The maximum atomic E-state index is 12.1. The van der Waals surface area contributed by atoms with Gasteiger partial charge >= 0.3 is 0 Å². The molecule has 1 aromatic carbocycles. The summed E-state index contributed by atoms with van der Waals surface area (Å²) < 4.78 is 23.0. The lowest BCUT2D eigenvalue weighted by atomic mass is 10.0. The molecule has 0 saturated carbocycles. The zero-order valence-electron chi connectivity index (χ0n) is 10.9. The molecule has 1 fully saturated rings. The second kappa shape index (κ2) is 4.52. The van der Waals surface area contributed by atoms with Crippen molar-refractivity contribution in [3.05, 3.63) is 29.3 Å². The Kier molecular flexibility index (Phi) is 3.30. The zero-order chi connectivity index (χ0) is 14.3. The Labute approximate surface area is 112 Å². The summed E-state index contributed by atoms with van der Waals surface area (Å²) in [5.41, 5.74) is 0.268. The molecule has 1 unspecified atom stereocenters. The van der Waals surface area contributed by atoms with Crippen LogP contribution < -0.4 is 5.32 Å². The van der Waals surface area contributed by atoms with Crippen molar-refractivity contribution in [1.82, 2.24) is 5.32 Å². The first-order chi connectivity index (χ1) is 8.71. The lowest BCUT2D eigenvalue weighted by Crippen LogP contribution is -2.46. The van der Waals surface area contributed by atoms with Crippen LogP contribution in [-0.4, -0.2) is 36.5 Å². The van der Waals surface area contributed by atoms with E-state index in [4.69, 9.17) is 0 Å². The van der Waals surface area contributed by atoms with Crippen molar-refractivity contribution in [2.24, 2.45) is 0 Å². The number of phenolic OH excluding ortho intramolecular Hbond substituents is 1. The Balaban J connectivity index is 2.20. The van der Waals surface area contributed by atoms with Gasteiger partial charge in [0.25, 0.3) is 5.91 Å². The summed E-state index contributed by atoms with van der Waals surface area (Å²) in [6.45, 7) is 3.53. The summed E-state index contributed by atoms with van der Waals surface area (Å²) in [7, 11) is -3.08. The lowest BCUT2D eigenvalue weighted by Gasteiger charge is -2.24. The second-order valence-corrected chi connectivity index (χ2v) is 7.56. The number of amides is 1. The number of carbonyl (C=O) groups excluding carboxylic acids is 1. The highest BCUT2D eigenvalue weighted by molar-refractivity contribution is 7.91. The van der Waals surface area contributed by atoms with Gasteiger partial charge in [-0.05, 0) is 32.4 Å². The van der Waals surface area contributed by atoms with Crippen molar-refractivity contribution in [2.75, 3.05) is 11.5 Å². The van der Waals surface area contributed by atoms with Gasteiger partial charge in [0, 0.05) is 0 Å². The smallest absolute Gasteiger partial charge is 0.255 e. The van der Waals surface area contributed by atoms with Crippen molar-refractivity contribution in [2.45, 2.75) is 25.8 Å². The van der Waals surface area contributed by atoms with Gasteiger partial charge in [-0.3, -0.25) is 4.79 Å². The number of aromatic hydroxyl groups is 1. The van der Waals surface area contributed by atoms with E-state index in [0.717, 1.165) is 5.56 Å². The molecule has 2 rings (SSSR count). The topological polar surface area (TPSA) is 83.5 Å². The van der Waals surface area contributed by atoms with Gasteiger partial charge in [0.05, 0.1) is 22.6 Å². The minimum atomic E-state index is -3.08. The first-order valence-corrected chi connectivity index (χ1v) is 7.85. The van der Waals surface area contributed by atoms with Crippen LogP contribution in [0.4, 0.5) is 0 Å². The molecule has 0 aromatic heterocycles. The molecule has 1 amide bonds. The van der Waals surface area contributed by atoms with E-state index >= 15 is 0 Å². The highest BCUT2D eigenvalue weighted by atomic mass is 32.2. The minimum Gasteiger partial charge on any atom is -0.507 e. The van der Waals surface area contributed by atoms with Crippen LogP contribution in [0.5, 0.6) is 5.75 Å². The zero-order valence-corrected chi connectivity index (χ0v) is 11.8. The molecule has 0 spiro atoms. The van der Waals surface area contributed by atoms with Gasteiger partial charge < -0.3 is 10.4 Å². The van der Waals surface area contributed by atoms with Crippen LogP contribution in [-0.2, 0) is 9.84 Å². The number of carbonyl (C=O) groups is 1. The molecule has 19 heavy (non-hydrogen) atoms. The minimum absolute atomic E-state index is 0.0572. The molecule has 1 aromatic rings. The average molecular weight is 283 g/mol. The molecule has 2 N–H and O–H groups in total. The van der Waals surface area contributed by atoms with Crippen LogP contribution in [0.2, 0.25) is 0 Å².